The first-order valence-electron chi connectivity index (χ1n) is 6.27. The molecule has 0 saturated carbocycles. The van der Waals surface area contributed by atoms with E-state index in [9.17, 15) is 4.79 Å². The maximum Gasteiger partial charge on any atom is 0.336 e. The van der Waals surface area contributed by atoms with Gasteiger partial charge in [0.05, 0.1) is 25.4 Å². The average Bonchev–Trinajstić information content (AvgIpc) is 2.50. The largest absolute Gasteiger partial charge is 0.478 e. The van der Waals surface area contributed by atoms with Crippen LogP contribution in [0.3, 0.4) is 0 Å². The Balaban J connectivity index is 0.000000370. The third-order valence-corrected chi connectivity index (χ3v) is 3.17. The van der Waals surface area contributed by atoms with Gasteiger partial charge in [0.25, 0.3) is 0 Å². The molecule has 1 rings (SSSR count). The van der Waals surface area contributed by atoms with Crippen LogP contribution in [0.1, 0.15) is 29.3 Å². The summed E-state index contributed by atoms with van der Waals surface area (Å²) in [4.78, 5) is 10.5. The molecule has 4 N–H and O–H groups in total. The fourth-order valence-corrected chi connectivity index (χ4v) is 1.36. The Hall–Kier alpha value is -1.69. The molecule has 0 aliphatic heterocycles. The Morgan fingerprint density at radius 3 is 1.95 bits per heavy atom. The number of aliphatic hydroxyl groups is 3. The van der Waals surface area contributed by atoms with Crippen LogP contribution in [0.4, 0.5) is 0 Å². The summed E-state index contributed by atoms with van der Waals surface area (Å²) in [5, 5.41) is 34.6. The van der Waals surface area contributed by atoms with E-state index < -0.39 is 11.4 Å². The van der Waals surface area contributed by atoms with Crippen molar-refractivity contribution in [3.63, 3.8) is 0 Å². The van der Waals surface area contributed by atoms with Crippen molar-refractivity contribution < 1.29 is 25.2 Å². The van der Waals surface area contributed by atoms with Crippen LogP contribution < -0.4 is 0 Å². The van der Waals surface area contributed by atoms with Gasteiger partial charge >= 0.3 is 5.97 Å². The highest BCUT2D eigenvalue weighted by atomic mass is 16.4. The number of carboxylic acid groups (broad SMARTS) is 1. The number of aliphatic hydroxyl groups excluding tert-OH is 3. The van der Waals surface area contributed by atoms with Gasteiger partial charge in [-0.25, -0.2) is 4.79 Å². The van der Waals surface area contributed by atoms with Gasteiger partial charge in [-0.15, -0.1) is 0 Å². The fourth-order valence-electron chi connectivity index (χ4n) is 1.36. The fraction of sp³-hybridized carbons (Fsp3) is 0.400. The molecule has 1 aromatic carbocycles. The van der Waals surface area contributed by atoms with Gasteiger partial charge in [0.15, 0.2) is 0 Å². The van der Waals surface area contributed by atoms with Gasteiger partial charge in [0.1, 0.15) is 0 Å². The molecule has 0 radical (unpaired) electrons. The molecule has 0 unspecified atom stereocenters. The summed E-state index contributed by atoms with van der Waals surface area (Å²) in [5.41, 5.74) is 0.280. The molecule has 0 fully saturated rings. The Kier molecular flexibility index (Phi) is 8.47. The van der Waals surface area contributed by atoms with Crippen molar-refractivity contribution in [3.8, 4) is 0 Å². The Morgan fingerprint density at radius 2 is 1.70 bits per heavy atom. The number of hydrogen-bond donors (Lipinski definition) is 4. The van der Waals surface area contributed by atoms with E-state index in [1.165, 1.54) is 6.08 Å². The summed E-state index contributed by atoms with van der Waals surface area (Å²) < 4.78 is 0. The zero-order chi connectivity index (χ0) is 15.6. The molecular formula is C15H22O5. The van der Waals surface area contributed by atoms with Gasteiger partial charge in [-0.1, -0.05) is 37.8 Å². The van der Waals surface area contributed by atoms with Crippen LogP contribution in [0.15, 0.2) is 30.8 Å². The maximum atomic E-state index is 10.5. The molecule has 0 aromatic heterocycles. The summed E-state index contributed by atoms with van der Waals surface area (Å²) in [6.07, 6.45) is 2.12. The minimum atomic E-state index is -0.916. The molecule has 0 spiro atoms. The van der Waals surface area contributed by atoms with Crippen LogP contribution in [0.5, 0.6) is 0 Å². The topological polar surface area (TPSA) is 98.0 Å². The Morgan fingerprint density at radius 1 is 1.20 bits per heavy atom. The van der Waals surface area contributed by atoms with E-state index in [2.05, 4.69) is 6.58 Å². The van der Waals surface area contributed by atoms with Crippen LogP contribution >= 0.6 is 0 Å². The summed E-state index contributed by atoms with van der Waals surface area (Å²) in [6.45, 7) is 4.86. The molecule has 0 atom stereocenters. The molecule has 0 heterocycles. The first kappa shape index (κ1) is 18.3. The smallest absolute Gasteiger partial charge is 0.336 e. The third-order valence-electron chi connectivity index (χ3n) is 3.17. The maximum absolute atomic E-state index is 10.5. The van der Waals surface area contributed by atoms with Gasteiger partial charge in [0.2, 0.25) is 0 Å². The van der Waals surface area contributed by atoms with Gasteiger partial charge < -0.3 is 20.4 Å². The molecule has 0 saturated heterocycles. The van der Waals surface area contributed by atoms with Gasteiger partial charge in [-0.3, -0.25) is 0 Å². The average molecular weight is 282 g/mol. The van der Waals surface area contributed by atoms with E-state index in [0.717, 1.165) is 0 Å². The number of hydrogen-bond acceptors (Lipinski definition) is 4. The second-order valence-electron chi connectivity index (χ2n) is 4.42. The molecule has 0 aliphatic carbocycles. The zero-order valence-corrected chi connectivity index (χ0v) is 11.6. The van der Waals surface area contributed by atoms with Crippen molar-refractivity contribution in [1.29, 1.82) is 0 Å². The Labute approximate surface area is 118 Å². The number of benzene rings is 1. The number of carboxylic acids is 1. The van der Waals surface area contributed by atoms with Crippen molar-refractivity contribution in [2.75, 3.05) is 19.8 Å². The standard InChI is InChI=1S/C9H8O2.C6H14O3/c1-2-7-5-3-4-6-8(7)9(10)11;1-2-6(3-7,4-8)5-9/h2-6H,1H2,(H,10,11);7-9H,2-5H2,1H3. The van der Waals surface area contributed by atoms with Crippen molar-refractivity contribution in [1.82, 2.24) is 0 Å². The predicted molar refractivity (Wildman–Crippen MR) is 77.5 cm³/mol. The lowest BCUT2D eigenvalue weighted by Gasteiger charge is -2.24. The molecule has 0 bridgehead atoms. The van der Waals surface area contributed by atoms with Crippen LogP contribution in [0, 0.1) is 5.41 Å². The second kappa shape index (κ2) is 9.25. The minimum Gasteiger partial charge on any atom is -0.478 e. The highest BCUT2D eigenvalue weighted by molar-refractivity contribution is 5.91. The van der Waals surface area contributed by atoms with Crippen molar-refractivity contribution >= 4 is 12.0 Å². The van der Waals surface area contributed by atoms with Crippen LogP contribution in [-0.4, -0.2) is 46.2 Å². The lowest BCUT2D eigenvalue weighted by Crippen LogP contribution is -2.32. The van der Waals surface area contributed by atoms with Crippen molar-refractivity contribution in [2.24, 2.45) is 5.41 Å². The summed E-state index contributed by atoms with van der Waals surface area (Å²) in [6, 6.07) is 6.75. The Bertz CT molecular complexity index is 407. The van der Waals surface area contributed by atoms with Crippen LogP contribution in [0.25, 0.3) is 6.08 Å². The van der Waals surface area contributed by atoms with E-state index in [4.69, 9.17) is 20.4 Å². The number of carbonyl (C=O) groups is 1. The molecule has 1 aromatic rings. The van der Waals surface area contributed by atoms with Crippen molar-refractivity contribution in [3.05, 3.63) is 42.0 Å². The summed E-state index contributed by atoms with van der Waals surface area (Å²) >= 11 is 0. The van der Waals surface area contributed by atoms with E-state index in [1.807, 2.05) is 6.92 Å². The molecule has 0 aliphatic rings. The molecule has 5 nitrogen and oxygen atoms in total. The van der Waals surface area contributed by atoms with E-state index in [0.29, 0.717) is 17.5 Å². The van der Waals surface area contributed by atoms with E-state index in [-0.39, 0.29) is 19.8 Å². The number of aromatic carboxylic acids is 1. The predicted octanol–water partition coefficient (Wildman–Crippen LogP) is 1.39. The quantitative estimate of drug-likeness (QED) is 0.632. The first-order valence-corrected chi connectivity index (χ1v) is 6.27. The summed E-state index contributed by atoms with van der Waals surface area (Å²) in [7, 11) is 0. The molecule has 112 valence electrons. The van der Waals surface area contributed by atoms with Gasteiger partial charge in [-0.2, -0.15) is 0 Å². The summed E-state index contributed by atoms with van der Waals surface area (Å²) in [5.74, 6) is -0.916. The highest BCUT2D eigenvalue weighted by Crippen LogP contribution is 2.18. The lowest BCUT2D eigenvalue weighted by molar-refractivity contribution is 0.00304. The molecule has 0 amide bonds. The van der Waals surface area contributed by atoms with Gasteiger partial charge in [-0.05, 0) is 18.1 Å². The zero-order valence-electron chi connectivity index (χ0n) is 11.6. The first-order chi connectivity index (χ1) is 9.50. The van der Waals surface area contributed by atoms with E-state index in [1.54, 1.807) is 24.3 Å². The minimum absolute atomic E-state index is 0.156. The molecular weight excluding hydrogens is 260 g/mol. The monoisotopic (exact) mass is 282 g/mol. The van der Waals surface area contributed by atoms with E-state index >= 15 is 0 Å². The third kappa shape index (κ3) is 5.13. The second-order valence-corrected chi connectivity index (χ2v) is 4.42. The van der Waals surface area contributed by atoms with Crippen LogP contribution in [-0.2, 0) is 0 Å². The normalized spacial score (nSPS) is 10.4. The lowest BCUT2D eigenvalue weighted by atomic mass is 9.88. The molecule has 5 heteroatoms. The molecule has 20 heavy (non-hydrogen) atoms. The van der Waals surface area contributed by atoms with Crippen molar-refractivity contribution in [2.45, 2.75) is 13.3 Å². The number of rotatable bonds is 6. The highest BCUT2D eigenvalue weighted by Gasteiger charge is 2.24. The van der Waals surface area contributed by atoms with Gasteiger partial charge in [0, 0.05) is 5.41 Å². The van der Waals surface area contributed by atoms with Crippen LogP contribution in [0.2, 0.25) is 0 Å². The SMILES string of the molecule is C=Cc1ccccc1C(=O)O.CCC(CO)(CO)CO.